The topological polar surface area (TPSA) is 32.5 Å². The van der Waals surface area contributed by atoms with Crippen molar-refractivity contribution in [2.24, 2.45) is 5.73 Å². The molecule has 0 bridgehead atoms. The summed E-state index contributed by atoms with van der Waals surface area (Å²) in [7, 11) is 2.24. The van der Waals surface area contributed by atoms with Crippen LogP contribution in [0.5, 0.6) is 0 Å². The van der Waals surface area contributed by atoms with Gasteiger partial charge in [0.15, 0.2) is 0 Å². The first-order chi connectivity index (χ1) is 7.19. The fraction of sp³-hybridized carbons (Fsp3) is 1.00. The Labute approximate surface area is 94.6 Å². The van der Waals surface area contributed by atoms with Gasteiger partial charge in [-0.1, -0.05) is 6.92 Å². The van der Waals surface area contributed by atoms with E-state index in [-0.39, 0.29) is 0 Å². The van der Waals surface area contributed by atoms with Gasteiger partial charge in [0.05, 0.1) is 0 Å². The monoisotopic (exact) mass is 213 g/mol. The maximum atomic E-state index is 5.68. The fourth-order valence-corrected chi connectivity index (χ4v) is 2.45. The Hall–Kier alpha value is -0.120. The third kappa shape index (κ3) is 3.74. The predicted octanol–water partition coefficient (Wildman–Crippen LogP) is 1.14. The molecule has 0 aliphatic carbocycles. The predicted molar refractivity (Wildman–Crippen MR) is 66.0 cm³/mol. The van der Waals surface area contributed by atoms with Gasteiger partial charge >= 0.3 is 0 Å². The zero-order valence-corrected chi connectivity index (χ0v) is 10.6. The van der Waals surface area contributed by atoms with Gasteiger partial charge in [0.1, 0.15) is 0 Å². The van der Waals surface area contributed by atoms with Crippen molar-refractivity contribution in [2.75, 3.05) is 33.2 Å². The molecule has 0 spiro atoms. The van der Waals surface area contributed by atoms with Crippen molar-refractivity contribution in [1.29, 1.82) is 0 Å². The summed E-state index contributed by atoms with van der Waals surface area (Å²) in [6.07, 6.45) is 3.67. The van der Waals surface area contributed by atoms with Crippen molar-refractivity contribution in [3.8, 4) is 0 Å². The van der Waals surface area contributed by atoms with Crippen molar-refractivity contribution in [3.63, 3.8) is 0 Å². The van der Waals surface area contributed by atoms with Crippen molar-refractivity contribution in [1.82, 2.24) is 9.80 Å². The summed E-state index contributed by atoms with van der Waals surface area (Å²) >= 11 is 0. The van der Waals surface area contributed by atoms with E-state index in [1.54, 1.807) is 0 Å². The second-order valence-electron chi connectivity index (χ2n) is 4.84. The van der Waals surface area contributed by atoms with Gasteiger partial charge in [-0.25, -0.2) is 0 Å². The Morgan fingerprint density at radius 1 is 1.40 bits per heavy atom. The molecule has 1 fully saturated rings. The minimum atomic E-state index is 0.659. The molecule has 3 nitrogen and oxygen atoms in total. The number of rotatable bonds is 4. The molecule has 0 aromatic rings. The Morgan fingerprint density at radius 2 is 2.13 bits per heavy atom. The largest absolute Gasteiger partial charge is 0.330 e. The van der Waals surface area contributed by atoms with Crippen molar-refractivity contribution in [3.05, 3.63) is 0 Å². The van der Waals surface area contributed by atoms with Crippen LogP contribution in [-0.2, 0) is 0 Å². The summed E-state index contributed by atoms with van der Waals surface area (Å²) in [5.41, 5.74) is 5.68. The maximum Gasteiger partial charge on any atom is 0.0232 e. The average molecular weight is 213 g/mol. The van der Waals surface area contributed by atoms with Crippen molar-refractivity contribution in [2.45, 2.75) is 45.2 Å². The van der Waals surface area contributed by atoms with E-state index in [9.17, 15) is 0 Å². The van der Waals surface area contributed by atoms with Gasteiger partial charge in [-0.15, -0.1) is 0 Å². The molecule has 2 N–H and O–H groups in total. The van der Waals surface area contributed by atoms with Crippen LogP contribution in [-0.4, -0.2) is 55.1 Å². The molecule has 1 heterocycles. The highest BCUT2D eigenvalue weighted by molar-refractivity contribution is 4.82. The number of hydrogen-bond acceptors (Lipinski definition) is 3. The molecule has 15 heavy (non-hydrogen) atoms. The summed E-state index contributed by atoms with van der Waals surface area (Å²) < 4.78 is 0. The van der Waals surface area contributed by atoms with Gasteiger partial charge in [0.25, 0.3) is 0 Å². The van der Waals surface area contributed by atoms with Crippen LogP contribution < -0.4 is 5.73 Å². The normalized spacial score (nSPS) is 30.4. The zero-order valence-electron chi connectivity index (χ0n) is 10.6. The fourth-order valence-electron chi connectivity index (χ4n) is 2.45. The first-order valence-corrected chi connectivity index (χ1v) is 6.33. The number of nitrogens with two attached hydrogens (primary N) is 1. The quantitative estimate of drug-likeness (QED) is 0.760. The lowest BCUT2D eigenvalue weighted by molar-refractivity contribution is 0.176. The lowest BCUT2D eigenvalue weighted by atomic mass is 10.1. The molecule has 1 rings (SSSR count). The van der Waals surface area contributed by atoms with E-state index in [1.807, 2.05) is 0 Å². The minimum Gasteiger partial charge on any atom is -0.330 e. The molecule has 1 aliphatic rings. The Morgan fingerprint density at radius 3 is 2.73 bits per heavy atom. The first-order valence-electron chi connectivity index (χ1n) is 6.33. The molecule has 2 unspecified atom stereocenters. The molecule has 0 amide bonds. The van der Waals surface area contributed by atoms with Crippen LogP contribution in [0.15, 0.2) is 0 Å². The lowest BCUT2D eigenvalue weighted by Gasteiger charge is -2.30. The zero-order chi connectivity index (χ0) is 11.3. The van der Waals surface area contributed by atoms with Gasteiger partial charge in [-0.3, -0.25) is 4.90 Å². The summed E-state index contributed by atoms with van der Waals surface area (Å²) in [6.45, 7) is 9.07. The Balaban J connectivity index is 2.56. The summed E-state index contributed by atoms with van der Waals surface area (Å²) in [5, 5.41) is 0. The van der Waals surface area contributed by atoms with Gasteiger partial charge in [0.2, 0.25) is 0 Å². The molecule has 0 saturated carbocycles. The van der Waals surface area contributed by atoms with Crippen LogP contribution in [0.3, 0.4) is 0 Å². The standard InChI is InChI=1S/C12H27N3/c1-4-8-15-10-12(5-7-13)14(3)9-6-11(15)2/h11-12H,4-10,13H2,1-3H3. The van der Waals surface area contributed by atoms with E-state index in [0.29, 0.717) is 6.04 Å². The Bertz CT molecular complexity index is 154. The summed E-state index contributed by atoms with van der Waals surface area (Å²) in [5.74, 6) is 0. The third-order valence-corrected chi connectivity index (χ3v) is 3.60. The highest BCUT2D eigenvalue weighted by atomic mass is 15.2. The summed E-state index contributed by atoms with van der Waals surface area (Å²) in [4.78, 5) is 5.11. The van der Waals surface area contributed by atoms with E-state index in [4.69, 9.17) is 5.73 Å². The Kier molecular flexibility index (Phi) is 5.58. The second-order valence-corrected chi connectivity index (χ2v) is 4.84. The second kappa shape index (κ2) is 6.46. The smallest absolute Gasteiger partial charge is 0.0232 e. The summed E-state index contributed by atoms with van der Waals surface area (Å²) in [6, 6.07) is 1.39. The molecule has 0 aromatic carbocycles. The highest BCUT2D eigenvalue weighted by Crippen LogP contribution is 2.16. The molecule has 3 heteroatoms. The van der Waals surface area contributed by atoms with E-state index < -0.39 is 0 Å². The SMILES string of the molecule is CCCN1CC(CCN)N(C)CCC1C. The van der Waals surface area contributed by atoms with Crippen molar-refractivity contribution < 1.29 is 0 Å². The van der Waals surface area contributed by atoms with Crippen LogP contribution in [0.2, 0.25) is 0 Å². The van der Waals surface area contributed by atoms with Gasteiger partial charge < -0.3 is 10.6 Å². The highest BCUT2D eigenvalue weighted by Gasteiger charge is 2.25. The molecule has 90 valence electrons. The first kappa shape index (κ1) is 12.9. The molecule has 1 saturated heterocycles. The van der Waals surface area contributed by atoms with Crippen LogP contribution in [0.1, 0.15) is 33.1 Å². The van der Waals surface area contributed by atoms with Gasteiger partial charge in [-0.2, -0.15) is 0 Å². The van der Waals surface area contributed by atoms with Crippen LogP contribution >= 0.6 is 0 Å². The molecular weight excluding hydrogens is 186 g/mol. The van der Waals surface area contributed by atoms with E-state index in [2.05, 4.69) is 30.7 Å². The molecule has 0 aromatic heterocycles. The van der Waals surface area contributed by atoms with E-state index in [0.717, 1.165) is 19.0 Å². The molecular formula is C12H27N3. The maximum absolute atomic E-state index is 5.68. The average Bonchev–Trinajstić information content (AvgIpc) is 2.34. The van der Waals surface area contributed by atoms with Crippen LogP contribution in [0.4, 0.5) is 0 Å². The van der Waals surface area contributed by atoms with Crippen LogP contribution in [0, 0.1) is 0 Å². The number of likely N-dealkylation sites (N-methyl/N-ethyl adjacent to an activating group) is 1. The number of hydrogen-bond donors (Lipinski definition) is 1. The van der Waals surface area contributed by atoms with Gasteiger partial charge in [-0.05, 0) is 52.9 Å². The molecule has 2 atom stereocenters. The van der Waals surface area contributed by atoms with E-state index in [1.165, 1.54) is 32.5 Å². The minimum absolute atomic E-state index is 0.659. The van der Waals surface area contributed by atoms with Crippen molar-refractivity contribution >= 4 is 0 Å². The lowest BCUT2D eigenvalue weighted by Crippen LogP contribution is -2.42. The molecule has 0 radical (unpaired) electrons. The number of nitrogens with zero attached hydrogens (tertiary/aromatic N) is 2. The molecule has 1 aliphatic heterocycles. The van der Waals surface area contributed by atoms with E-state index >= 15 is 0 Å². The van der Waals surface area contributed by atoms with Gasteiger partial charge in [0, 0.05) is 18.6 Å². The van der Waals surface area contributed by atoms with Crippen LogP contribution in [0.25, 0.3) is 0 Å². The third-order valence-electron chi connectivity index (χ3n) is 3.60.